The van der Waals surface area contributed by atoms with Crippen LogP contribution in [0.15, 0.2) is 53.4 Å². The van der Waals surface area contributed by atoms with Crippen molar-refractivity contribution in [1.29, 1.82) is 0 Å². The summed E-state index contributed by atoms with van der Waals surface area (Å²) >= 11 is 7.50. The van der Waals surface area contributed by atoms with Crippen molar-refractivity contribution in [1.82, 2.24) is 5.32 Å². The van der Waals surface area contributed by atoms with Crippen molar-refractivity contribution in [3.05, 3.63) is 59.1 Å². The number of hydrogen-bond donors (Lipinski definition) is 1. The van der Waals surface area contributed by atoms with Crippen LogP contribution in [-0.4, -0.2) is 24.8 Å². The number of halogens is 1. The normalized spacial score (nSPS) is 10.3. The van der Waals surface area contributed by atoms with Gasteiger partial charge in [-0.25, -0.2) is 0 Å². The first-order valence-electron chi connectivity index (χ1n) is 6.98. The number of amides is 1. The van der Waals surface area contributed by atoms with Gasteiger partial charge in [-0.3, -0.25) is 4.79 Å². The van der Waals surface area contributed by atoms with Gasteiger partial charge in [0, 0.05) is 22.2 Å². The molecule has 0 aliphatic rings. The lowest BCUT2D eigenvalue weighted by molar-refractivity contribution is -0.122. The molecule has 0 fully saturated rings. The molecule has 0 aliphatic carbocycles. The van der Waals surface area contributed by atoms with E-state index in [1.54, 1.807) is 11.8 Å². The van der Waals surface area contributed by atoms with Crippen molar-refractivity contribution in [3.8, 4) is 5.75 Å². The Hall–Kier alpha value is -1.65. The van der Waals surface area contributed by atoms with Crippen LogP contribution < -0.4 is 10.1 Å². The molecule has 0 atom stereocenters. The van der Waals surface area contributed by atoms with E-state index in [4.69, 9.17) is 16.3 Å². The maximum absolute atomic E-state index is 11.7. The molecule has 2 rings (SSSR count). The molecule has 0 saturated carbocycles. The van der Waals surface area contributed by atoms with Gasteiger partial charge in [0.15, 0.2) is 6.61 Å². The summed E-state index contributed by atoms with van der Waals surface area (Å²) in [4.78, 5) is 12.8. The Balaban J connectivity index is 1.62. The van der Waals surface area contributed by atoms with Gasteiger partial charge in [-0.2, -0.15) is 0 Å². The van der Waals surface area contributed by atoms with E-state index in [0.29, 0.717) is 12.3 Å². The van der Waals surface area contributed by atoms with E-state index in [1.165, 1.54) is 0 Å². The summed E-state index contributed by atoms with van der Waals surface area (Å²) in [6.07, 6.45) is 0. The molecule has 0 unspecified atom stereocenters. The van der Waals surface area contributed by atoms with Crippen LogP contribution in [0.1, 0.15) is 5.56 Å². The second kappa shape index (κ2) is 8.71. The fourth-order valence-corrected chi connectivity index (χ4v) is 2.69. The zero-order valence-corrected chi connectivity index (χ0v) is 13.9. The zero-order valence-electron chi connectivity index (χ0n) is 12.3. The van der Waals surface area contributed by atoms with Crippen LogP contribution in [0.4, 0.5) is 0 Å². The Bertz CT molecular complexity index is 616. The first-order chi connectivity index (χ1) is 10.6. The second-order valence-electron chi connectivity index (χ2n) is 4.76. The van der Waals surface area contributed by atoms with E-state index in [1.807, 2.05) is 55.5 Å². The molecular formula is C17H18ClNO2S. The molecule has 22 heavy (non-hydrogen) atoms. The van der Waals surface area contributed by atoms with Crippen molar-refractivity contribution in [2.45, 2.75) is 11.8 Å². The molecule has 116 valence electrons. The van der Waals surface area contributed by atoms with Crippen LogP contribution in [0.3, 0.4) is 0 Å². The van der Waals surface area contributed by atoms with Crippen molar-refractivity contribution in [2.24, 2.45) is 0 Å². The van der Waals surface area contributed by atoms with Gasteiger partial charge in [-0.15, -0.1) is 11.8 Å². The fourth-order valence-electron chi connectivity index (χ4n) is 1.80. The maximum Gasteiger partial charge on any atom is 0.257 e. The van der Waals surface area contributed by atoms with Crippen molar-refractivity contribution < 1.29 is 9.53 Å². The van der Waals surface area contributed by atoms with Gasteiger partial charge in [-0.1, -0.05) is 23.7 Å². The molecule has 2 aromatic rings. The van der Waals surface area contributed by atoms with Gasteiger partial charge in [0.05, 0.1) is 0 Å². The van der Waals surface area contributed by atoms with Gasteiger partial charge < -0.3 is 10.1 Å². The molecule has 0 aliphatic heterocycles. The minimum atomic E-state index is -0.113. The number of benzene rings is 2. The minimum Gasteiger partial charge on any atom is -0.484 e. The molecule has 0 heterocycles. The first kappa shape index (κ1) is 16.7. The summed E-state index contributed by atoms with van der Waals surface area (Å²) in [5.41, 5.74) is 1.11. The SMILES string of the molecule is Cc1cccc(OCC(=O)NCCSc2ccc(Cl)cc2)c1. The number of carbonyl (C=O) groups excluding carboxylic acids is 1. The predicted octanol–water partition coefficient (Wildman–Crippen LogP) is 3.94. The summed E-state index contributed by atoms with van der Waals surface area (Å²) in [6.45, 7) is 2.62. The van der Waals surface area contributed by atoms with Crippen LogP contribution in [-0.2, 0) is 4.79 Å². The third-order valence-corrected chi connectivity index (χ3v) is 4.13. The van der Waals surface area contributed by atoms with E-state index < -0.39 is 0 Å². The number of thioether (sulfide) groups is 1. The van der Waals surface area contributed by atoms with Gasteiger partial charge >= 0.3 is 0 Å². The molecule has 3 nitrogen and oxygen atoms in total. The third-order valence-electron chi connectivity index (χ3n) is 2.87. The molecule has 1 N–H and O–H groups in total. The molecule has 0 spiro atoms. The van der Waals surface area contributed by atoms with Gasteiger partial charge in [0.25, 0.3) is 5.91 Å². The zero-order chi connectivity index (χ0) is 15.8. The maximum atomic E-state index is 11.7. The lowest BCUT2D eigenvalue weighted by atomic mass is 10.2. The summed E-state index contributed by atoms with van der Waals surface area (Å²) in [6, 6.07) is 15.3. The van der Waals surface area contributed by atoms with Crippen LogP contribution >= 0.6 is 23.4 Å². The van der Waals surface area contributed by atoms with Crippen molar-refractivity contribution in [2.75, 3.05) is 18.9 Å². The predicted molar refractivity (Wildman–Crippen MR) is 91.9 cm³/mol. The number of ether oxygens (including phenoxy) is 1. The fraction of sp³-hybridized carbons (Fsp3) is 0.235. The highest BCUT2D eigenvalue weighted by Gasteiger charge is 2.02. The van der Waals surface area contributed by atoms with E-state index in [0.717, 1.165) is 21.2 Å². The van der Waals surface area contributed by atoms with Crippen LogP contribution in [0.5, 0.6) is 5.75 Å². The number of aryl methyl sites for hydroxylation is 1. The Labute approximate surface area is 140 Å². The van der Waals surface area contributed by atoms with Crippen LogP contribution in [0.2, 0.25) is 5.02 Å². The average Bonchev–Trinajstić information content (AvgIpc) is 2.51. The number of nitrogens with one attached hydrogen (secondary N) is 1. The summed E-state index contributed by atoms with van der Waals surface area (Å²) in [5, 5.41) is 3.57. The summed E-state index contributed by atoms with van der Waals surface area (Å²) in [5.74, 6) is 1.40. The average molecular weight is 336 g/mol. The van der Waals surface area contributed by atoms with Crippen LogP contribution in [0.25, 0.3) is 0 Å². The first-order valence-corrected chi connectivity index (χ1v) is 8.34. The molecular weight excluding hydrogens is 318 g/mol. The molecule has 0 bridgehead atoms. The van der Waals surface area contributed by atoms with Crippen molar-refractivity contribution in [3.63, 3.8) is 0 Å². The number of hydrogen-bond acceptors (Lipinski definition) is 3. The topological polar surface area (TPSA) is 38.3 Å². The summed E-state index contributed by atoms with van der Waals surface area (Å²) < 4.78 is 5.44. The van der Waals surface area contributed by atoms with Crippen molar-refractivity contribution >= 4 is 29.3 Å². The van der Waals surface area contributed by atoms with E-state index in [2.05, 4.69) is 5.32 Å². The highest BCUT2D eigenvalue weighted by molar-refractivity contribution is 7.99. The Morgan fingerprint density at radius 1 is 1.23 bits per heavy atom. The highest BCUT2D eigenvalue weighted by Crippen LogP contribution is 2.19. The standard InChI is InChI=1S/C17H18ClNO2S/c1-13-3-2-4-15(11-13)21-12-17(20)19-9-10-22-16-7-5-14(18)6-8-16/h2-8,11H,9-10,12H2,1H3,(H,19,20). The number of rotatable bonds is 7. The monoisotopic (exact) mass is 335 g/mol. The molecule has 0 radical (unpaired) electrons. The number of carbonyl (C=O) groups is 1. The largest absolute Gasteiger partial charge is 0.484 e. The minimum absolute atomic E-state index is 0.0368. The van der Waals surface area contributed by atoms with Gasteiger partial charge in [-0.05, 0) is 48.9 Å². The molecule has 0 aromatic heterocycles. The Kier molecular flexibility index (Phi) is 6.62. The van der Waals surface area contributed by atoms with Gasteiger partial charge in [0.1, 0.15) is 5.75 Å². The lowest BCUT2D eigenvalue weighted by Gasteiger charge is -2.08. The quantitative estimate of drug-likeness (QED) is 0.615. The Morgan fingerprint density at radius 2 is 2.00 bits per heavy atom. The molecule has 1 amide bonds. The van der Waals surface area contributed by atoms with E-state index >= 15 is 0 Å². The third kappa shape index (κ3) is 6.00. The van der Waals surface area contributed by atoms with E-state index in [9.17, 15) is 4.79 Å². The Morgan fingerprint density at radius 3 is 2.73 bits per heavy atom. The highest BCUT2D eigenvalue weighted by atomic mass is 35.5. The van der Waals surface area contributed by atoms with Gasteiger partial charge in [0.2, 0.25) is 0 Å². The smallest absolute Gasteiger partial charge is 0.257 e. The van der Waals surface area contributed by atoms with Crippen LogP contribution in [0, 0.1) is 6.92 Å². The molecule has 0 saturated heterocycles. The lowest BCUT2D eigenvalue weighted by Crippen LogP contribution is -2.30. The summed E-state index contributed by atoms with van der Waals surface area (Å²) in [7, 11) is 0. The molecule has 2 aromatic carbocycles. The molecule has 5 heteroatoms. The second-order valence-corrected chi connectivity index (χ2v) is 6.36. The van der Waals surface area contributed by atoms with E-state index in [-0.39, 0.29) is 12.5 Å².